The van der Waals surface area contributed by atoms with Crippen molar-refractivity contribution < 1.29 is 9.18 Å². The van der Waals surface area contributed by atoms with Crippen LogP contribution in [0.15, 0.2) is 16.6 Å². The summed E-state index contributed by atoms with van der Waals surface area (Å²) in [6.45, 7) is 1.95. The van der Waals surface area contributed by atoms with Gasteiger partial charge >= 0.3 is 0 Å². The van der Waals surface area contributed by atoms with Crippen LogP contribution >= 0.6 is 27.5 Å². The van der Waals surface area contributed by atoms with E-state index in [0.29, 0.717) is 29.3 Å². The van der Waals surface area contributed by atoms with Crippen LogP contribution in [0.5, 0.6) is 0 Å². The Morgan fingerprint density at radius 2 is 2.12 bits per heavy atom. The first kappa shape index (κ1) is 13.7. The van der Waals surface area contributed by atoms with E-state index < -0.39 is 5.82 Å². The van der Waals surface area contributed by atoms with Gasteiger partial charge in [-0.3, -0.25) is 4.79 Å². The second-order valence-electron chi connectivity index (χ2n) is 3.62. The molecular formula is C12H13BrClFO. The predicted octanol–water partition coefficient (Wildman–Crippen LogP) is 4.54. The monoisotopic (exact) mass is 306 g/mol. The van der Waals surface area contributed by atoms with E-state index in [1.54, 1.807) is 12.1 Å². The Morgan fingerprint density at radius 1 is 1.44 bits per heavy atom. The molecule has 0 amide bonds. The zero-order valence-electron chi connectivity index (χ0n) is 9.03. The summed E-state index contributed by atoms with van der Waals surface area (Å²) in [5.74, 6) is -0.263. The van der Waals surface area contributed by atoms with Crippen LogP contribution in [-0.4, -0.2) is 5.78 Å². The number of hydrogen-bond acceptors (Lipinski definition) is 1. The fraction of sp³-hybridized carbons (Fsp3) is 0.417. The number of benzene rings is 1. The van der Waals surface area contributed by atoms with E-state index in [1.165, 1.54) is 0 Å². The van der Waals surface area contributed by atoms with Crippen LogP contribution < -0.4 is 0 Å². The lowest BCUT2D eigenvalue weighted by molar-refractivity contribution is -0.119. The molecule has 0 saturated heterocycles. The lowest BCUT2D eigenvalue weighted by Crippen LogP contribution is -2.01. The molecular weight excluding hydrogens is 294 g/mol. The van der Waals surface area contributed by atoms with E-state index in [9.17, 15) is 9.18 Å². The molecule has 0 aliphatic rings. The van der Waals surface area contributed by atoms with Gasteiger partial charge in [0.15, 0.2) is 0 Å². The Hall–Kier alpha value is -0.410. The van der Waals surface area contributed by atoms with Crippen molar-refractivity contribution in [3.8, 4) is 0 Å². The number of ketones is 1. The van der Waals surface area contributed by atoms with E-state index in [1.807, 2.05) is 6.92 Å². The smallest absolute Gasteiger partial charge is 0.146 e. The normalized spacial score (nSPS) is 10.5. The third-order valence-corrected chi connectivity index (χ3v) is 3.58. The Bertz CT molecular complexity index is 393. The van der Waals surface area contributed by atoms with Gasteiger partial charge in [-0.15, -0.1) is 0 Å². The molecule has 0 N–H and O–H groups in total. The number of aryl methyl sites for hydroxylation is 1. The van der Waals surface area contributed by atoms with E-state index in [2.05, 4.69) is 15.9 Å². The molecule has 0 aliphatic heterocycles. The van der Waals surface area contributed by atoms with E-state index in [4.69, 9.17) is 11.6 Å². The van der Waals surface area contributed by atoms with Gasteiger partial charge in [0.2, 0.25) is 0 Å². The predicted molar refractivity (Wildman–Crippen MR) is 67.3 cm³/mol. The highest BCUT2D eigenvalue weighted by molar-refractivity contribution is 9.10. The molecule has 1 nitrogen and oxygen atoms in total. The maximum absolute atomic E-state index is 13.6. The molecule has 0 atom stereocenters. The number of rotatable bonds is 5. The molecule has 0 saturated carbocycles. The molecule has 0 bridgehead atoms. The van der Waals surface area contributed by atoms with Gasteiger partial charge in [0, 0.05) is 17.3 Å². The van der Waals surface area contributed by atoms with Crippen molar-refractivity contribution >= 4 is 33.3 Å². The molecule has 1 rings (SSSR count). The number of carbonyl (C=O) groups is 1. The second-order valence-corrected chi connectivity index (χ2v) is 4.86. The van der Waals surface area contributed by atoms with Gasteiger partial charge in [-0.1, -0.05) is 24.6 Å². The summed E-state index contributed by atoms with van der Waals surface area (Å²) in [5.41, 5.74) is 0.498. The first-order valence-corrected chi connectivity index (χ1v) is 6.37. The summed E-state index contributed by atoms with van der Waals surface area (Å²) in [6, 6.07) is 3.36. The van der Waals surface area contributed by atoms with Crippen LogP contribution in [0, 0.1) is 5.82 Å². The molecule has 0 unspecified atom stereocenters. The highest BCUT2D eigenvalue weighted by atomic mass is 79.9. The summed E-state index contributed by atoms with van der Waals surface area (Å²) in [7, 11) is 0. The molecule has 0 radical (unpaired) electrons. The number of Topliss-reactive ketones (excluding diaryl/α,β-unsaturated/α-hetero) is 1. The average molecular weight is 308 g/mol. The van der Waals surface area contributed by atoms with E-state index >= 15 is 0 Å². The summed E-state index contributed by atoms with van der Waals surface area (Å²) >= 11 is 8.90. The standard InChI is InChI=1S/C12H13BrClFO/c1-2-3-9(16)6-4-8-5-7-10(13)11(14)12(8)15/h5,7H,2-4,6H2,1H3. The summed E-state index contributed by atoms with van der Waals surface area (Å²) in [5, 5.41) is 0.0837. The van der Waals surface area contributed by atoms with Crippen molar-refractivity contribution in [3.63, 3.8) is 0 Å². The van der Waals surface area contributed by atoms with Crippen molar-refractivity contribution in [2.24, 2.45) is 0 Å². The summed E-state index contributed by atoms with van der Waals surface area (Å²) < 4.78 is 14.2. The molecule has 16 heavy (non-hydrogen) atoms. The third-order valence-electron chi connectivity index (χ3n) is 2.32. The highest BCUT2D eigenvalue weighted by Crippen LogP contribution is 2.28. The van der Waals surface area contributed by atoms with Crippen LogP contribution in [0.1, 0.15) is 31.7 Å². The largest absolute Gasteiger partial charge is 0.300 e. The third kappa shape index (κ3) is 3.56. The Balaban J connectivity index is 2.68. The van der Waals surface area contributed by atoms with Gasteiger partial charge in [0.1, 0.15) is 11.6 Å². The van der Waals surface area contributed by atoms with Gasteiger partial charge in [-0.25, -0.2) is 4.39 Å². The number of halogens is 3. The van der Waals surface area contributed by atoms with Crippen LogP contribution in [0.4, 0.5) is 4.39 Å². The van der Waals surface area contributed by atoms with Crippen molar-refractivity contribution in [3.05, 3.63) is 33.0 Å². The lowest BCUT2D eigenvalue weighted by atomic mass is 10.0. The SMILES string of the molecule is CCCC(=O)CCc1ccc(Br)c(Cl)c1F. The van der Waals surface area contributed by atoms with Crippen LogP contribution in [0.2, 0.25) is 5.02 Å². The maximum Gasteiger partial charge on any atom is 0.146 e. The van der Waals surface area contributed by atoms with Gasteiger partial charge in [0.05, 0.1) is 5.02 Å². The second kappa shape index (κ2) is 6.36. The maximum atomic E-state index is 13.6. The fourth-order valence-electron chi connectivity index (χ4n) is 1.44. The first-order valence-electron chi connectivity index (χ1n) is 5.20. The van der Waals surface area contributed by atoms with E-state index in [0.717, 1.165) is 6.42 Å². The minimum absolute atomic E-state index is 0.0837. The molecule has 0 spiro atoms. The Kier molecular flexibility index (Phi) is 5.42. The molecule has 1 aromatic rings. The Morgan fingerprint density at radius 3 is 2.75 bits per heavy atom. The van der Waals surface area contributed by atoms with E-state index in [-0.39, 0.29) is 10.8 Å². The highest BCUT2D eigenvalue weighted by Gasteiger charge is 2.11. The van der Waals surface area contributed by atoms with Crippen LogP contribution in [0.3, 0.4) is 0 Å². The summed E-state index contributed by atoms with van der Waals surface area (Å²) in [4.78, 5) is 11.3. The zero-order chi connectivity index (χ0) is 12.1. The Labute approximate surface area is 108 Å². The van der Waals surface area contributed by atoms with Crippen molar-refractivity contribution in [1.82, 2.24) is 0 Å². The van der Waals surface area contributed by atoms with Crippen LogP contribution in [-0.2, 0) is 11.2 Å². The summed E-state index contributed by atoms with van der Waals surface area (Å²) in [6.07, 6.45) is 2.19. The molecule has 0 fully saturated rings. The lowest BCUT2D eigenvalue weighted by Gasteiger charge is -2.05. The van der Waals surface area contributed by atoms with Gasteiger partial charge in [-0.2, -0.15) is 0 Å². The fourth-order valence-corrected chi connectivity index (χ4v) is 1.93. The quantitative estimate of drug-likeness (QED) is 0.730. The van der Waals surface area contributed by atoms with Crippen molar-refractivity contribution in [1.29, 1.82) is 0 Å². The van der Waals surface area contributed by atoms with Crippen molar-refractivity contribution in [2.75, 3.05) is 0 Å². The average Bonchev–Trinajstić information content (AvgIpc) is 2.25. The van der Waals surface area contributed by atoms with Crippen molar-refractivity contribution in [2.45, 2.75) is 32.6 Å². The molecule has 0 aromatic heterocycles. The molecule has 0 aliphatic carbocycles. The van der Waals surface area contributed by atoms with Gasteiger partial charge in [0.25, 0.3) is 0 Å². The first-order chi connectivity index (χ1) is 7.56. The number of carbonyl (C=O) groups excluding carboxylic acids is 1. The topological polar surface area (TPSA) is 17.1 Å². The number of hydrogen-bond donors (Lipinski definition) is 0. The zero-order valence-corrected chi connectivity index (χ0v) is 11.4. The molecule has 4 heteroatoms. The van der Waals surface area contributed by atoms with Crippen LogP contribution in [0.25, 0.3) is 0 Å². The molecule has 0 heterocycles. The molecule has 1 aromatic carbocycles. The van der Waals surface area contributed by atoms with Gasteiger partial charge < -0.3 is 0 Å². The molecule has 88 valence electrons. The minimum atomic E-state index is -0.430. The van der Waals surface area contributed by atoms with Gasteiger partial charge in [-0.05, 0) is 40.4 Å². The minimum Gasteiger partial charge on any atom is -0.300 e.